The molecule has 144 valence electrons. The Morgan fingerprint density at radius 3 is 2.43 bits per heavy atom. The van der Waals surface area contributed by atoms with Crippen LogP contribution in [-0.2, 0) is 4.74 Å². The molecule has 1 aliphatic rings. The fourth-order valence-electron chi connectivity index (χ4n) is 3.27. The zero-order valence-corrected chi connectivity index (χ0v) is 15.6. The second-order valence-corrected chi connectivity index (χ2v) is 6.60. The molecule has 2 heterocycles. The third-order valence-corrected chi connectivity index (χ3v) is 4.68. The Morgan fingerprint density at radius 1 is 1.07 bits per heavy atom. The Kier molecular flexibility index (Phi) is 5.08. The van der Waals surface area contributed by atoms with E-state index in [1.165, 1.54) is 16.8 Å². The molecule has 0 unspecified atom stereocenters. The molecule has 1 saturated heterocycles. The molecular weight excluding hydrogens is 359 g/mol. The van der Waals surface area contributed by atoms with Gasteiger partial charge in [-0.25, -0.2) is 9.07 Å². The number of aromatic amines is 1. The van der Waals surface area contributed by atoms with Crippen LogP contribution in [-0.4, -0.2) is 46.8 Å². The van der Waals surface area contributed by atoms with Crippen molar-refractivity contribution in [2.45, 2.75) is 6.92 Å². The molecule has 0 saturated carbocycles. The van der Waals surface area contributed by atoms with E-state index in [4.69, 9.17) is 4.74 Å². The molecule has 1 aliphatic heterocycles. The molecule has 0 aliphatic carbocycles. The highest BCUT2D eigenvalue weighted by atomic mass is 19.1. The Hall–Kier alpha value is -3.19. The highest BCUT2D eigenvalue weighted by Gasteiger charge is 2.20. The fraction of sp³-hybridized carbons (Fsp3) is 0.238. The lowest BCUT2D eigenvalue weighted by Gasteiger charge is -2.24. The summed E-state index contributed by atoms with van der Waals surface area (Å²) in [7, 11) is 0. The summed E-state index contributed by atoms with van der Waals surface area (Å²) in [5, 5.41) is 9.75. The lowest BCUT2D eigenvalue weighted by molar-refractivity contribution is 0.0393. The SMILES string of the molecule is CC(=NN1CCOCC1)c1c(-c2ccccc2)[nH]n(-c2ccc(F)cc2)c1=O. The summed E-state index contributed by atoms with van der Waals surface area (Å²) in [6.07, 6.45) is 0. The van der Waals surface area contributed by atoms with Gasteiger partial charge in [-0.3, -0.25) is 14.9 Å². The van der Waals surface area contributed by atoms with Gasteiger partial charge < -0.3 is 4.74 Å². The molecule has 1 aromatic heterocycles. The predicted octanol–water partition coefficient (Wildman–Crippen LogP) is 3.03. The first-order valence-electron chi connectivity index (χ1n) is 9.18. The maximum absolute atomic E-state index is 13.3. The van der Waals surface area contributed by atoms with E-state index in [1.54, 1.807) is 12.1 Å². The minimum absolute atomic E-state index is 0.222. The number of morpholine rings is 1. The molecule has 1 N–H and O–H groups in total. The molecule has 6 nitrogen and oxygen atoms in total. The van der Waals surface area contributed by atoms with Crippen molar-refractivity contribution in [2.75, 3.05) is 26.3 Å². The normalized spacial score (nSPS) is 15.1. The van der Waals surface area contributed by atoms with Crippen LogP contribution in [0.5, 0.6) is 0 Å². The first-order valence-corrected chi connectivity index (χ1v) is 9.18. The van der Waals surface area contributed by atoms with Crippen LogP contribution in [0.1, 0.15) is 12.5 Å². The molecule has 0 atom stereocenters. The van der Waals surface area contributed by atoms with E-state index in [9.17, 15) is 9.18 Å². The molecular formula is C21H21FN4O2. The van der Waals surface area contributed by atoms with Gasteiger partial charge in [-0.05, 0) is 31.2 Å². The van der Waals surface area contributed by atoms with Crippen molar-refractivity contribution in [2.24, 2.45) is 5.10 Å². The number of ether oxygens (including phenoxy) is 1. The van der Waals surface area contributed by atoms with Gasteiger partial charge in [0, 0.05) is 5.56 Å². The third-order valence-electron chi connectivity index (χ3n) is 4.68. The molecule has 0 amide bonds. The largest absolute Gasteiger partial charge is 0.378 e. The van der Waals surface area contributed by atoms with Gasteiger partial charge in [0.15, 0.2) is 0 Å². The zero-order chi connectivity index (χ0) is 19.5. The second-order valence-electron chi connectivity index (χ2n) is 6.60. The van der Waals surface area contributed by atoms with Crippen molar-refractivity contribution in [1.29, 1.82) is 0 Å². The smallest absolute Gasteiger partial charge is 0.281 e. The number of rotatable bonds is 4. The minimum Gasteiger partial charge on any atom is -0.378 e. The maximum atomic E-state index is 13.3. The number of hydrogen-bond acceptors (Lipinski definition) is 4. The van der Waals surface area contributed by atoms with Crippen LogP contribution < -0.4 is 5.56 Å². The molecule has 0 bridgehead atoms. The maximum Gasteiger partial charge on any atom is 0.281 e. The molecule has 1 fully saturated rings. The summed E-state index contributed by atoms with van der Waals surface area (Å²) in [6, 6.07) is 15.4. The molecule has 7 heteroatoms. The molecule has 4 rings (SSSR count). The van der Waals surface area contributed by atoms with Gasteiger partial charge in [-0.2, -0.15) is 5.10 Å². The van der Waals surface area contributed by atoms with Crippen molar-refractivity contribution in [3.05, 3.63) is 76.3 Å². The minimum atomic E-state index is -0.350. The van der Waals surface area contributed by atoms with Crippen LogP contribution in [0.3, 0.4) is 0 Å². The van der Waals surface area contributed by atoms with Gasteiger partial charge in [-0.1, -0.05) is 30.3 Å². The average molecular weight is 380 g/mol. The standard InChI is InChI=1S/C21H21FN4O2/c1-15(23-25-11-13-28-14-12-25)19-20(16-5-3-2-4-6-16)24-26(21(19)27)18-9-7-17(22)8-10-18/h2-10,24H,11-14H2,1H3. The summed E-state index contributed by atoms with van der Waals surface area (Å²) >= 11 is 0. The van der Waals surface area contributed by atoms with Gasteiger partial charge in [0.05, 0.1) is 49.0 Å². The second kappa shape index (κ2) is 7.82. The van der Waals surface area contributed by atoms with Crippen LogP contribution in [0.2, 0.25) is 0 Å². The van der Waals surface area contributed by atoms with E-state index < -0.39 is 0 Å². The third kappa shape index (κ3) is 3.61. The van der Waals surface area contributed by atoms with E-state index in [2.05, 4.69) is 10.2 Å². The van der Waals surface area contributed by atoms with Crippen LogP contribution >= 0.6 is 0 Å². The number of hydrazone groups is 1. The quantitative estimate of drug-likeness (QED) is 0.708. The van der Waals surface area contributed by atoms with Crippen molar-refractivity contribution >= 4 is 5.71 Å². The van der Waals surface area contributed by atoms with Crippen LogP contribution in [0, 0.1) is 5.82 Å². The molecule has 0 radical (unpaired) electrons. The van der Waals surface area contributed by atoms with Crippen LogP contribution in [0.25, 0.3) is 16.9 Å². The van der Waals surface area contributed by atoms with E-state index >= 15 is 0 Å². The van der Waals surface area contributed by atoms with Gasteiger partial charge in [0.1, 0.15) is 5.82 Å². The Morgan fingerprint density at radius 2 is 1.75 bits per heavy atom. The van der Waals surface area contributed by atoms with Gasteiger partial charge in [0.2, 0.25) is 0 Å². The van der Waals surface area contributed by atoms with Crippen molar-refractivity contribution in [3.63, 3.8) is 0 Å². The molecule has 28 heavy (non-hydrogen) atoms. The highest BCUT2D eigenvalue weighted by Crippen LogP contribution is 2.22. The van der Waals surface area contributed by atoms with Gasteiger partial charge in [0.25, 0.3) is 5.56 Å². The zero-order valence-electron chi connectivity index (χ0n) is 15.6. The first kappa shape index (κ1) is 18.2. The average Bonchev–Trinajstić information content (AvgIpc) is 3.07. The van der Waals surface area contributed by atoms with Crippen LogP contribution in [0.4, 0.5) is 4.39 Å². The number of aromatic nitrogens is 2. The van der Waals surface area contributed by atoms with E-state index in [-0.39, 0.29) is 11.4 Å². The topological polar surface area (TPSA) is 62.6 Å². The summed E-state index contributed by atoms with van der Waals surface area (Å²) in [5.41, 5.74) is 3.04. The number of nitrogens with one attached hydrogen (secondary N) is 1. The lowest BCUT2D eigenvalue weighted by atomic mass is 10.1. The monoisotopic (exact) mass is 380 g/mol. The number of hydrogen-bond donors (Lipinski definition) is 1. The Bertz CT molecular complexity index is 1030. The van der Waals surface area contributed by atoms with Crippen molar-refractivity contribution < 1.29 is 9.13 Å². The van der Waals surface area contributed by atoms with E-state index in [0.717, 1.165) is 5.56 Å². The predicted molar refractivity (Wildman–Crippen MR) is 106 cm³/mol. The fourth-order valence-corrected chi connectivity index (χ4v) is 3.27. The highest BCUT2D eigenvalue weighted by molar-refractivity contribution is 6.03. The first-order chi connectivity index (χ1) is 13.6. The Labute approximate surface area is 161 Å². The van der Waals surface area contributed by atoms with Crippen LogP contribution in [0.15, 0.2) is 64.5 Å². The molecule has 2 aromatic carbocycles. The van der Waals surface area contributed by atoms with Gasteiger partial charge in [-0.15, -0.1) is 0 Å². The number of H-pyrrole nitrogens is 1. The van der Waals surface area contributed by atoms with Crippen molar-refractivity contribution in [3.8, 4) is 16.9 Å². The summed E-state index contributed by atoms with van der Waals surface area (Å²) in [5.74, 6) is -0.350. The Balaban J connectivity index is 1.84. The van der Waals surface area contributed by atoms with Gasteiger partial charge >= 0.3 is 0 Å². The van der Waals surface area contributed by atoms with Crippen molar-refractivity contribution in [1.82, 2.24) is 14.8 Å². The molecule has 3 aromatic rings. The van der Waals surface area contributed by atoms with E-state index in [0.29, 0.717) is 49.0 Å². The lowest BCUT2D eigenvalue weighted by Crippen LogP contribution is -2.33. The summed E-state index contributed by atoms with van der Waals surface area (Å²) in [4.78, 5) is 13.2. The number of halogens is 1. The molecule has 0 spiro atoms. The summed E-state index contributed by atoms with van der Waals surface area (Å²) in [6.45, 7) is 4.45. The van der Waals surface area contributed by atoms with E-state index in [1.807, 2.05) is 42.3 Å². The number of nitrogens with zero attached hydrogens (tertiary/aromatic N) is 3. The summed E-state index contributed by atoms with van der Waals surface area (Å²) < 4.78 is 20.1. The number of benzene rings is 2.